The lowest BCUT2D eigenvalue weighted by Crippen LogP contribution is -2.16. The Morgan fingerprint density at radius 2 is 2.22 bits per heavy atom. The second-order valence-corrected chi connectivity index (χ2v) is 3.46. The molecule has 0 bridgehead atoms. The average molecular weight is 150 g/mol. The van der Waals surface area contributed by atoms with Crippen molar-refractivity contribution < 1.29 is 14.1 Å². The van der Waals surface area contributed by atoms with E-state index in [9.17, 15) is 9.00 Å². The maximum atomic E-state index is 10.4. The van der Waals surface area contributed by atoms with Gasteiger partial charge in [0.1, 0.15) is 0 Å². The van der Waals surface area contributed by atoms with E-state index in [1.54, 1.807) is 6.92 Å². The highest BCUT2D eigenvalue weighted by Gasteiger charge is 2.11. The number of rotatable bonds is 3. The Labute approximate surface area is 56.5 Å². The van der Waals surface area contributed by atoms with E-state index < -0.39 is 22.7 Å². The summed E-state index contributed by atoms with van der Waals surface area (Å²) in [6, 6.07) is 0. The molecular weight excluding hydrogens is 140 g/mol. The first-order chi connectivity index (χ1) is 4.04. The number of aliphatic carboxylic acids is 1. The van der Waals surface area contributed by atoms with Gasteiger partial charge in [-0.15, -0.1) is 0 Å². The van der Waals surface area contributed by atoms with Crippen LogP contribution in [0.25, 0.3) is 0 Å². The molecule has 0 aliphatic heterocycles. The molecule has 1 N–H and O–H groups in total. The molecule has 9 heavy (non-hydrogen) atoms. The Balaban J connectivity index is 3.63. The highest BCUT2D eigenvalue weighted by molar-refractivity contribution is 7.84. The molecule has 2 unspecified atom stereocenters. The lowest BCUT2D eigenvalue weighted by Gasteiger charge is -2.00. The first kappa shape index (κ1) is 8.62. The summed E-state index contributed by atoms with van der Waals surface area (Å²) in [7, 11) is -0.997. The van der Waals surface area contributed by atoms with Crippen LogP contribution in [0.1, 0.15) is 6.92 Å². The van der Waals surface area contributed by atoms with Gasteiger partial charge in [-0.3, -0.25) is 9.00 Å². The lowest BCUT2D eigenvalue weighted by atomic mass is 10.2. The summed E-state index contributed by atoms with van der Waals surface area (Å²) in [5.74, 6) is -1.13. The topological polar surface area (TPSA) is 54.4 Å². The van der Waals surface area contributed by atoms with Crippen molar-refractivity contribution in [2.45, 2.75) is 6.92 Å². The summed E-state index contributed by atoms with van der Waals surface area (Å²) in [5.41, 5.74) is 0. The summed E-state index contributed by atoms with van der Waals surface area (Å²) in [4.78, 5) is 10.1. The van der Waals surface area contributed by atoms with Crippen LogP contribution in [0.4, 0.5) is 0 Å². The number of carboxylic acid groups (broad SMARTS) is 1. The molecule has 0 aliphatic carbocycles. The van der Waals surface area contributed by atoms with Crippen LogP contribution in [0.3, 0.4) is 0 Å². The Hall–Kier alpha value is -0.380. The smallest absolute Gasteiger partial charge is 0.307 e. The van der Waals surface area contributed by atoms with Gasteiger partial charge >= 0.3 is 5.97 Å². The molecule has 0 rings (SSSR count). The van der Waals surface area contributed by atoms with Crippen molar-refractivity contribution in [3.8, 4) is 0 Å². The first-order valence-electron chi connectivity index (χ1n) is 2.57. The zero-order chi connectivity index (χ0) is 7.44. The molecule has 0 saturated carbocycles. The highest BCUT2D eigenvalue weighted by Crippen LogP contribution is 1.95. The fraction of sp³-hybridized carbons (Fsp3) is 0.800. The molecule has 0 saturated heterocycles. The molecule has 0 aromatic rings. The zero-order valence-electron chi connectivity index (χ0n) is 5.46. The van der Waals surface area contributed by atoms with Crippen LogP contribution in [0, 0.1) is 5.92 Å². The second-order valence-electron chi connectivity index (χ2n) is 1.98. The number of hydrogen-bond acceptors (Lipinski definition) is 2. The molecule has 0 aromatic heterocycles. The minimum Gasteiger partial charge on any atom is -0.481 e. The molecule has 2 atom stereocenters. The van der Waals surface area contributed by atoms with Gasteiger partial charge in [0, 0.05) is 22.8 Å². The van der Waals surface area contributed by atoms with Crippen LogP contribution >= 0.6 is 0 Å². The van der Waals surface area contributed by atoms with Gasteiger partial charge < -0.3 is 5.11 Å². The summed E-state index contributed by atoms with van der Waals surface area (Å²) in [6.07, 6.45) is 1.50. The third kappa shape index (κ3) is 4.14. The third-order valence-electron chi connectivity index (χ3n) is 0.906. The largest absolute Gasteiger partial charge is 0.481 e. The third-order valence-corrected chi connectivity index (χ3v) is 1.88. The van der Waals surface area contributed by atoms with Gasteiger partial charge in [-0.05, 0) is 0 Å². The molecule has 4 heteroatoms. The monoisotopic (exact) mass is 150 g/mol. The quantitative estimate of drug-likeness (QED) is 0.620. The van der Waals surface area contributed by atoms with Gasteiger partial charge in [-0.1, -0.05) is 6.92 Å². The number of carbonyl (C=O) groups is 1. The van der Waals surface area contributed by atoms with E-state index in [2.05, 4.69) is 0 Å². The maximum Gasteiger partial charge on any atom is 0.307 e. The second kappa shape index (κ2) is 3.61. The Kier molecular flexibility index (Phi) is 3.46. The molecule has 0 radical (unpaired) electrons. The normalized spacial score (nSPS) is 16.7. The van der Waals surface area contributed by atoms with E-state index in [1.165, 1.54) is 6.26 Å². The summed E-state index contributed by atoms with van der Waals surface area (Å²) in [5, 5.41) is 8.30. The van der Waals surface area contributed by atoms with E-state index in [-0.39, 0.29) is 5.75 Å². The van der Waals surface area contributed by atoms with Crippen molar-refractivity contribution in [1.82, 2.24) is 0 Å². The fourth-order valence-corrected chi connectivity index (χ4v) is 1.27. The van der Waals surface area contributed by atoms with Crippen LogP contribution in [0.5, 0.6) is 0 Å². The van der Waals surface area contributed by atoms with Gasteiger partial charge in [-0.2, -0.15) is 0 Å². The van der Waals surface area contributed by atoms with E-state index in [0.29, 0.717) is 0 Å². The molecule has 3 nitrogen and oxygen atoms in total. The van der Waals surface area contributed by atoms with Gasteiger partial charge in [0.05, 0.1) is 5.92 Å². The molecular formula is C5H10O3S. The lowest BCUT2D eigenvalue weighted by molar-refractivity contribution is -0.140. The molecule has 0 aliphatic rings. The molecule has 54 valence electrons. The van der Waals surface area contributed by atoms with E-state index in [4.69, 9.17) is 5.11 Å². The van der Waals surface area contributed by atoms with Crippen molar-refractivity contribution in [1.29, 1.82) is 0 Å². The highest BCUT2D eigenvalue weighted by atomic mass is 32.2. The Morgan fingerprint density at radius 3 is 2.33 bits per heavy atom. The Morgan fingerprint density at radius 1 is 1.78 bits per heavy atom. The van der Waals surface area contributed by atoms with Crippen molar-refractivity contribution in [3.63, 3.8) is 0 Å². The van der Waals surface area contributed by atoms with Crippen molar-refractivity contribution in [3.05, 3.63) is 0 Å². The standard InChI is InChI=1S/C5H10O3S/c1-4(5(6)7)3-9(2)8/h4H,3H2,1-2H3,(H,6,7). The van der Waals surface area contributed by atoms with Crippen molar-refractivity contribution in [2.24, 2.45) is 5.92 Å². The SMILES string of the molecule is CC(CS(C)=O)C(=O)O. The van der Waals surface area contributed by atoms with Gasteiger partial charge in [-0.25, -0.2) is 0 Å². The maximum absolute atomic E-state index is 10.4. The molecule has 0 aromatic carbocycles. The van der Waals surface area contributed by atoms with Crippen LogP contribution in [0.15, 0.2) is 0 Å². The molecule has 0 spiro atoms. The summed E-state index contributed by atoms with van der Waals surface area (Å²) in [6.45, 7) is 1.55. The van der Waals surface area contributed by atoms with E-state index in [0.717, 1.165) is 0 Å². The van der Waals surface area contributed by atoms with Crippen LogP contribution in [-0.2, 0) is 15.6 Å². The van der Waals surface area contributed by atoms with Crippen LogP contribution in [-0.4, -0.2) is 27.3 Å². The first-order valence-corrected chi connectivity index (χ1v) is 4.29. The van der Waals surface area contributed by atoms with Gasteiger partial charge in [0.2, 0.25) is 0 Å². The average Bonchev–Trinajstić information content (AvgIpc) is 1.63. The van der Waals surface area contributed by atoms with E-state index in [1.807, 2.05) is 0 Å². The molecule has 0 fully saturated rings. The van der Waals surface area contributed by atoms with Crippen molar-refractivity contribution >= 4 is 16.8 Å². The van der Waals surface area contributed by atoms with Crippen LogP contribution in [0.2, 0.25) is 0 Å². The Bertz CT molecular complexity index is 132. The predicted molar refractivity (Wildman–Crippen MR) is 35.7 cm³/mol. The van der Waals surface area contributed by atoms with Gasteiger partial charge in [0.15, 0.2) is 0 Å². The van der Waals surface area contributed by atoms with E-state index >= 15 is 0 Å². The molecule has 0 heterocycles. The van der Waals surface area contributed by atoms with Crippen molar-refractivity contribution in [2.75, 3.05) is 12.0 Å². The van der Waals surface area contributed by atoms with Gasteiger partial charge in [0.25, 0.3) is 0 Å². The van der Waals surface area contributed by atoms with Crippen LogP contribution < -0.4 is 0 Å². The predicted octanol–water partition coefficient (Wildman–Crippen LogP) is 0.0856. The minimum absolute atomic E-state index is 0.245. The summed E-state index contributed by atoms with van der Waals surface area (Å²) < 4.78 is 10.4. The number of hydrogen-bond donors (Lipinski definition) is 1. The number of carboxylic acids is 1. The fourth-order valence-electron chi connectivity index (χ4n) is 0.423. The summed E-state index contributed by atoms with van der Waals surface area (Å²) >= 11 is 0. The molecule has 0 amide bonds. The zero-order valence-corrected chi connectivity index (χ0v) is 6.27. The minimum atomic E-state index is -0.997.